The van der Waals surface area contributed by atoms with Gasteiger partial charge in [0, 0.05) is 0 Å². The van der Waals surface area contributed by atoms with Gasteiger partial charge in [-0.15, -0.1) is 0 Å². The molecule has 0 aliphatic carbocycles. The molecule has 0 aromatic carbocycles. The molecule has 0 saturated carbocycles. The zero-order chi connectivity index (χ0) is 12.8. The molecule has 0 N–H and O–H groups in total. The van der Waals surface area contributed by atoms with Crippen LogP contribution in [0.25, 0.3) is 0 Å². The predicted molar refractivity (Wildman–Crippen MR) is 62.4 cm³/mol. The maximum atomic E-state index is 11.7. The van der Waals surface area contributed by atoms with Crippen molar-refractivity contribution in [3.05, 3.63) is 0 Å². The first-order valence-electron chi connectivity index (χ1n) is 5.97. The minimum Gasteiger partial charge on any atom is -0.469 e. The summed E-state index contributed by atoms with van der Waals surface area (Å²) in [5.41, 5.74) is 0. The summed E-state index contributed by atoms with van der Waals surface area (Å²) in [6.45, 7) is 3.86. The van der Waals surface area contributed by atoms with Crippen LogP contribution in [0.15, 0.2) is 0 Å². The number of nitrogens with zero attached hydrogens (tertiary/aromatic N) is 1. The lowest BCUT2D eigenvalue weighted by Crippen LogP contribution is -2.47. The van der Waals surface area contributed by atoms with Gasteiger partial charge in [0.25, 0.3) is 0 Å². The van der Waals surface area contributed by atoms with Crippen molar-refractivity contribution in [1.82, 2.24) is 4.90 Å². The molecule has 1 saturated heterocycles. The van der Waals surface area contributed by atoms with E-state index >= 15 is 0 Å². The molecule has 1 aliphatic rings. The third-order valence-corrected chi connectivity index (χ3v) is 3.32. The van der Waals surface area contributed by atoms with E-state index in [1.165, 1.54) is 14.2 Å². The lowest BCUT2D eigenvalue weighted by Gasteiger charge is -2.34. The first-order valence-corrected chi connectivity index (χ1v) is 5.97. The Morgan fingerprint density at radius 3 is 2.29 bits per heavy atom. The Labute approximate surface area is 102 Å². The SMILES string of the molecule is COC(=O)CC(C(=O)OC)N1CCC(C)CC1. The van der Waals surface area contributed by atoms with E-state index in [0.29, 0.717) is 5.92 Å². The van der Waals surface area contributed by atoms with Crippen molar-refractivity contribution in [3.8, 4) is 0 Å². The standard InChI is InChI=1S/C12H21NO4/c1-9-4-6-13(7-5-9)10(12(15)17-3)8-11(14)16-2/h9-10H,4-8H2,1-3H3. The van der Waals surface area contributed by atoms with E-state index in [9.17, 15) is 9.59 Å². The molecule has 5 nitrogen and oxygen atoms in total. The molecule has 5 heteroatoms. The molecule has 98 valence electrons. The Bertz CT molecular complexity index is 272. The average molecular weight is 243 g/mol. The summed E-state index contributed by atoms with van der Waals surface area (Å²) < 4.78 is 9.36. The van der Waals surface area contributed by atoms with Crippen LogP contribution in [-0.4, -0.2) is 50.2 Å². The fourth-order valence-corrected chi connectivity index (χ4v) is 2.08. The maximum Gasteiger partial charge on any atom is 0.323 e. The van der Waals surface area contributed by atoms with Gasteiger partial charge in [-0.1, -0.05) is 6.92 Å². The molecule has 1 rings (SSSR count). The first-order chi connectivity index (χ1) is 8.08. The van der Waals surface area contributed by atoms with Crippen LogP contribution < -0.4 is 0 Å². The lowest BCUT2D eigenvalue weighted by molar-refractivity contribution is -0.154. The number of rotatable bonds is 4. The number of carbonyl (C=O) groups is 2. The van der Waals surface area contributed by atoms with Crippen LogP contribution in [0.3, 0.4) is 0 Å². The fourth-order valence-electron chi connectivity index (χ4n) is 2.08. The Hall–Kier alpha value is -1.10. The second-order valence-corrected chi connectivity index (χ2v) is 4.54. The molecule has 1 aliphatic heterocycles. The van der Waals surface area contributed by atoms with Crippen LogP contribution in [0.5, 0.6) is 0 Å². The van der Waals surface area contributed by atoms with Crippen molar-refractivity contribution < 1.29 is 19.1 Å². The van der Waals surface area contributed by atoms with Gasteiger partial charge < -0.3 is 9.47 Å². The third kappa shape index (κ3) is 4.00. The summed E-state index contributed by atoms with van der Waals surface area (Å²) in [6.07, 6.45) is 2.17. The van der Waals surface area contributed by atoms with Gasteiger partial charge in [0.05, 0.1) is 20.6 Å². The molecule has 0 bridgehead atoms. The van der Waals surface area contributed by atoms with Crippen LogP contribution in [0, 0.1) is 5.92 Å². The van der Waals surface area contributed by atoms with E-state index in [1.807, 2.05) is 4.90 Å². The molecule has 1 atom stereocenters. The van der Waals surface area contributed by atoms with E-state index in [-0.39, 0.29) is 18.4 Å². The molecular formula is C12H21NO4. The number of ether oxygens (including phenoxy) is 2. The number of likely N-dealkylation sites (tertiary alicyclic amines) is 1. The van der Waals surface area contributed by atoms with Crippen molar-refractivity contribution in [2.75, 3.05) is 27.3 Å². The van der Waals surface area contributed by atoms with Crippen LogP contribution >= 0.6 is 0 Å². The summed E-state index contributed by atoms with van der Waals surface area (Å²) in [7, 11) is 2.67. The molecule has 1 unspecified atom stereocenters. The van der Waals surface area contributed by atoms with Gasteiger partial charge in [0.2, 0.25) is 0 Å². The second kappa shape index (κ2) is 6.59. The first kappa shape index (κ1) is 14.0. The second-order valence-electron chi connectivity index (χ2n) is 4.54. The Morgan fingerprint density at radius 1 is 1.24 bits per heavy atom. The van der Waals surface area contributed by atoms with Gasteiger partial charge in [0.1, 0.15) is 6.04 Å². The maximum absolute atomic E-state index is 11.7. The van der Waals surface area contributed by atoms with Crippen molar-refractivity contribution >= 4 is 11.9 Å². The highest BCUT2D eigenvalue weighted by molar-refractivity contribution is 5.82. The van der Waals surface area contributed by atoms with E-state index < -0.39 is 6.04 Å². The molecule has 0 aromatic rings. The van der Waals surface area contributed by atoms with Crippen molar-refractivity contribution in [3.63, 3.8) is 0 Å². The third-order valence-electron chi connectivity index (χ3n) is 3.32. The van der Waals surface area contributed by atoms with Gasteiger partial charge in [-0.2, -0.15) is 0 Å². The van der Waals surface area contributed by atoms with E-state index in [1.54, 1.807) is 0 Å². The number of hydrogen-bond donors (Lipinski definition) is 0. The fraction of sp³-hybridized carbons (Fsp3) is 0.833. The number of methoxy groups -OCH3 is 2. The molecule has 1 heterocycles. The zero-order valence-electron chi connectivity index (χ0n) is 10.8. The van der Waals surface area contributed by atoms with Gasteiger partial charge in [-0.25, -0.2) is 0 Å². The molecule has 0 spiro atoms. The quantitative estimate of drug-likeness (QED) is 0.684. The van der Waals surface area contributed by atoms with Gasteiger partial charge >= 0.3 is 11.9 Å². The molecule has 0 aromatic heterocycles. The highest BCUT2D eigenvalue weighted by Crippen LogP contribution is 2.20. The summed E-state index contributed by atoms with van der Waals surface area (Å²) in [4.78, 5) is 25.0. The Kier molecular flexibility index (Phi) is 5.41. The molecular weight excluding hydrogens is 222 g/mol. The van der Waals surface area contributed by atoms with Crippen LogP contribution in [0.2, 0.25) is 0 Å². The minimum atomic E-state index is -0.500. The highest BCUT2D eigenvalue weighted by atomic mass is 16.5. The normalized spacial score (nSPS) is 19.7. The molecule has 1 fully saturated rings. The van der Waals surface area contributed by atoms with Gasteiger partial charge in [-0.05, 0) is 31.8 Å². The monoisotopic (exact) mass is 243 g/mol. The van der Waals surface area contributed by atoms with Crippen molar-refractivity contribution in [1.29, 1.82) is 0 Å². The number of esters is 2. The summed E-state index contributed by atoms with van der Waals surface area (Å²) >= 11 is 0. The van der Waals surface area contributed by atoms with E-state index in [2.05, 4.69) is 11.7 Å². The van der Waals surface area contributed by atoms with Gasteiger partial charge in [-0.3, -0.25) is 14.5 Å². The summed E-state index contributed by atoms with van der Waals surface area (Å²) in [5, 5.41) is 0. The number of hydrogen-bond acceptors (Lipinski definition) is 5. The van der Waals surface area contributed by atoms with Crippen LogP contribution in [0.4, 0.5) is 0 Å². The summed E-state index contributed by atoms with van der Waals surface area (Å²) in [6, 6.07) is -0.500. The topological polar surface area (TPSA) is 55.8 Å². The zero-order valence-corrected chi connectivity index (χ0v) is 10.8. The molecule has 0 amide bonds. The number of carbonyl (C=O) groups excluding carboxylic acids is 2. The predicted octanol–water partition coefficient (Wildman–Crippen LogP) is 0.823. The minimum absolute atomic E-state index is 0.0670. The van der Waals surface area contributed by atoms with Crippen LogP contribution in [-0.2, 0) is 19.1 Å². The molecule has 17 heavy (non-hydrogen) atoms. The van der Waals surface area contributed by atoms with E-state index in [4.69, 9.17) is 4.74 Å². The van der Waals surface area contributed by atoms with Crippen molar-refractivity contribution in [2.45, 2.75) is 32.2 Å². The van der Waals surface area contributed by atoms with E-state index in [0.717, 1.165) is 25.9 Å². The Balaban J connectivity index is 2.62. The van der Waals surface area contributed by atoms with Crippen molar-refractivity contribution in [2.24, 2.45) is 5.92 Å². The summed E-state index contributed by atoms with van der Waals surface area (Å²) in [5.74, 6) is -0.0494. The van der Waals surface area contributed by atoms with Crippen LogP contribution in [0.1, 0.15) is 26.2 Å². The van der Waals surface area contributed by atoms with Gasteiger partial charge in [0.15, 0.2) is 0 Å². The molecule has 0 radical (unpaired) electrons. The average Bonchev–Trinajstić information content (AvgIpc) is 2.36. The smallest absolute Gasteiger partial charge is 0.323 e. The largest absolute Gasteiger partial charge is 0.469 e. The number of piperidine rings is 1. The highest BCUT2D eigenvalue weighted by Gasteiger charge is 2.31. The Morgan fingerprint density at radius 2 is 1.82 bits per heavy atom. The lowest BCUT2D eigenvalue weighted by atomic mass is 9.97.